The Morgan fingerprint density at radius 1 is 1.38 bits per heavy atom. The Balaban J connectivity index is 0.00000128. The Morgan fingerprint density at radius 2 is 2.12 bits per heavy atom. The van der Waals surface area contributed by atoms with Crippen molar-refractivity contribution in [1.29, 1.82) is 0 Å². The van der Waals surface area contributed by atoms with E-state index in [1.165, 1.54) is 6.07 Å². The number of carbonyl (C=O) groups is 1. The second-order valence-electron chi connectivity index (χ2n) is 3.05. The molecule has 0 saturated heterocycles. The van der Waals surface area contributed by atoms with Gasteiger partial charge in [-0.1, -0.05) is 0 Å². The van der Waals surface area contributed by atoms with Crippen LogP contribution < -0.4 is 4.74 Å². The molecular formula is C11H10ClNO3. The van der Waals surface area contributed by atoms with Crippen LogP contribution in [-0.4, -0.2) is 23.2 Å². The van der Waals surface area contributed by atoms with E-state index in [2.05, 4.69) is 4.98 Å². The first kappa shape index (κ1) is 12.3. The average Bonchev–Trinajstić information content (AvgIpc) is 2.27. The smallest absolute Gasteiger partial charge is 0.335 e. The summed E-state index contributed by atoms with van der Waals surface area (Å²) in [6.45, 7) is 0. The predicted molar refractivity (Wildman–Crippen MR) is 62.5 cm³/mol. The molecule has 5 heteroatoms. The Hall–Kier alpha value is -1.81. The van der Waals surface area contributed by atoms with E-state index in [9.17, 15) is 4.79 Å². The molecular weight excluding hydrogens is 230 g/mol. The van der Waals surface area contributed by atoms with E-state index in [1.54, 1.807) is 31.5 Å². The summed E-state index contributed by atoms with van der Waals surface area (Å²) in [5.41, 5.74) is 0.952. The fraction of sp³-hybridized carbons (Fsp3) is 0.0909. The number of ether oxygens (including phenoxy) is 1. The molecule has 0 aliphatic carbocycles. The van der Waals surface area contributed by atoms with Crippen molar-refractivity contribution >= 4 is 29.3 Å². The molecule has 1 heterocycles. The molecule has 2 aromatic rings. The summed E-state index contributed by atoms with van der Waals surface area (Å²) in [7, 11) is 1.54. The molecule has 16 heavy (non-hydrogen) atoms. The highest BCUT2D eigenvalue weighted by molar-refractivity contribution is 5.95. The van der Waals surface area contributed by atoms with Crippen LogP contribution >= 0.6 is 12.4 Å². The molecule has 1 aromatic heterocycles. The van der Waals surface area contributed by atoms with Gasteiger partial charge in [0.05, 0.1) is 18.2 Å². The van der Waals surface area contributed by atoms with Crippen LogP contribution in [0, 0.1) is 0 Å². The van der Waals surface area contributed by atoms with Crippen LogP contribution in [0.4, 0.5) is 0 Å². The van der Waals surface area contributed by atoms with Gasteiger partial charge in [-0.05, 0) is 24.3 Å². The number of hydrogen-bond acceptors (Lipinski definition) is 3. The molecule has 1 aromatic carbocycles. The van der Waals surface area contributed by atoms with Crippen LogP contribution in [0.3, 0.4) is 0 Å². The summed E-state index contributed by atoms with van der Waals surface area (Å²) in [5, 5.41) is 9.55. The highest BCUT2D eigenvalue weighted by atomic mass is 35.5. The fourth-order valence-corrected chi connectivity index (χ4v) is 1.43. The van der Waals surface area contributed by atoms with E-state index in [1.807, 2.05) is 0 Å². The van der Waals surface area contributed by atoms with Gasteiger partial charge in [0.2, 0.25) is 0 Å². The first-order chi connectivity index (χ1) is 7.22. The molecule has 0 unspecified atom stereocenters. The molecule has 1 N–H and O–H groups in total. The third-order valence-corrected chi connectivity index (χ3v) is 2.17. The van der Waals surface area contributed by atoms with Crippen molar-refractivity contribution in [2.45, 2.75) is 0 Å². The minimum absolute atomic E-state index is 0. The Labute approximate surface area is 98.3 Å². The van der Waals surface area contributed by atoms with Crippen LogP contribution in [0.2, 0.25) is 0 Å². The van der Waals surface area contributed by atoms with Crippen molar-refractivity contribution in [2.75, 3.05) is 7.11 Å². The number of carboxylic acid groups (broad SMARTS) is 1. The van der Waals surface area contributed by atoms with E-state index in [0.29, 0.717) is 11.1 Å². The number of halogens is 1. The highest BCUT2D eigenvalue weighted by Crippen LogP contribution is 2.24. The number of pyridine rings is 1. The van der Waals surface area contributed by atoms with Gasteiger partial charge in [-0.3, -0.25) is 4.98 Å². The summed E-state index contributed by atoms with van der Waals surface area (Å²) >= 11 is 0. The summed E-state index contributed by atoms with van der Waals surface area (Å²) in [6.07, 6.45) is 1.63. The molecule has 0 spiro atoms. The minimum Gasteiger partial charge on any atom is -0.496 e. The second-order valence-corrected chi connectivity index (χ2v) is 3.05. The second kappa shape index (κ2) is 4.81. The van der Waals surface area contributed by atoms with Crippen LogP contribution in [-0.2, 0) is 0 Å². The number of carboxylic acids is 1. The van der Waals surface area contributed by atoms with Gasteiger partial charge in [0.25, 0.3) is 0 Å². The fourth-order valence-electron chi connectivity index (χ4n) is 1.43. The van der Waals surface area contributed by atoms with Crippen molar-refractivity contribution in [3.63, 3.8) is 0 Å². The first-order valence-electron chi connectivity index (χ1n) is 4.38. The molecule has 0 bridgehead atoms. The van der Waals surface area contributed by atoms with Gasteiger partial charge in [0, 0.05) is 11.6 Å². The molecule has 0 aliphatic rings. The van der Waals surface area contributed by atoms with E-state index in [4.69, 9.17) is 9.84 Å². The number of nitrogens with zero attached hydrogens (tertiary/aromatic N) is 1. The quantitative estimate of drug-likeness (QED) is 0.874. The van der Waals surface area contributed by atoms with E-state index >= 15 is 0 Å². The predicted octanol–water partition coefficient (Wildman–Crippen LogP) is 2.36. The lowest BCUT2D eigenvalue weighted by Crippen LogP contribution is -1.96. The molecule has 0 amide bonds. The lowest BCUT2D eigenvalue weighted by molar-refractivity contribution is 0.0697. The minimum atomic E-state index is -0.956. The summed E-state index contributed by atoms with van der Waals surface area (Å²) in [6, 6.07) is 6.45. The molecule has 0 aliphatic heterocycles. The normalized spacial score (nSPS) is 9.56. The number of fused-ring (bicyclic) bond motifs is 1. The molecule has 0 saturated carbocycles. The van der Waals surface area contributed by atoms with Crippen molar-refractivity contribution in [3.8, 4) is 5.75 Å². The monoisotopic (exact) mass is 239 g/mol. The first-order valence-corrected chi connectivity index (χ1v) is 4.38. The number of aromatic nitrogens is 1. The zero-order valence-corrected chi connectivity index (χ0v) is 9.32. The summed E-state index contributed by atoms with van der Waals surface area (Å²) in [4.78, 5) is 14.9. The zero-order chi connectivity index (χ0) is 10.8. The Kier molecular flexibility index (Phi) is 3.68. The lowest BCUT2D eigenvalue weighted by atomic mass is 10.1. The maximum absolute atomic E-state index is 10.8. The van der Waals surface area contributed by atoms with Crippen LogP contribution in [0.15, 0.2) is 30.5 Å². The van der Waals surface area contributed by atoms with Gasteiger partial charge in [0.1, 0.15) is 5.75 Å². The highest BCUT2D eigenvalue weighted by Gasteiger charge is 2.07. The van der Waals surface area contributed by atoms with Crippen molar-refractivity contribution in [1.82, 2.24) is 4.98 Å². The largest absolute Gasteiger partial charge is 0.496 e. The van der Waals surface area contributed by atoms with Crippen molar-refractivity contribution in [3.05, 3.63) is 36.0 Å². The molecule has 0 fully saturated rings. The standard InChI is InChI=1S/C11H9NO3.ClH/c1-15-10-4-5-12-9-3-2-7(11(13)14)6-8(9)10;/h2-6H,1H3,(H,13,14);1H. The van der Waals surface area contributed by atoms with Gasteiger partial charge >= 0.3 is 5.97 Å². The Morgan fingerprint density at radius 3 is 2.75 bits per heavy atom. The SMILES string of the molecule is COc1ccnc2ccc(C(=O)O)cc12.Cl. The zero-order valence-electron chi connectivity index (χ0n) is 8.51. The number of methoxy groups -OCH3 is 1. The van der Waals surface area contributed by atoms with E-state index < -0.39 is 5.97 Å². The van der Waals surface area contributed by atoms with Gasteiger partial charge in [0.15, 0.2) is 0 Å². The van der Waals surface area contributed by atoms with Gasteiger partial charge in [-0.2, -0.15) is 0 Å². The third kappa shape index (κ3) is 2.06. The molecule has 84 valence electrons. The third-order valence-electron chi connectivity index (χ3n) is 2.17. The molecule has 0 radical (unpaired) electrons. The van der Waals surface area contributed by atoms with Crippen LogP contribution in [0.25, 0.3) is 10.9 Å². The van der Waals surface area contributed by atoms with Gasteiger partial charge in [-0.15, -0.1) is 12.4 Å². The lowest BCUT2D eigenvalue weighted by Gasteiger charge is -2.04. The maximum Gasteiger partial charge on any atom is 0.335 e. The molecule has 2 rings (SSSR count). The molecule has 0 atom stereocenters. The van der Waals surface area contributed by atoms with E-state index in [-0.39, 0.29) is 18.0 Å². The van der Waals surface area contributed by atoms with Gasteiger partial charge in [-0.25, -0.2) is 4.79 Å². The summed E-state index contributed by atoms with van der Waals surface area (Å²) in [5.74, 6) is -0.328. The maximum atomic E-state index is 10.8. The average molecular weight is 240 g/mol. The number of hydrogen-bond donors (Lipinski definition) is 1. The Bertz CT molecular complexity index is 528. The molecule has 4 nitrogen and oxygen atoms in total. The number of aromatic carboxylic acids is 1. The summed E-state index contributed by atoms with van der Waals surface area (Å²) < 4.78 is 5.13. The number of rotatable bonds is 2. The van der Waals surface area contributed by atoms with Crippen LogP contribution in [0.1, 0.15) is 10.4 Å². The van der Waals surface area contributed by atoms with Crippen molar-refractivity contribution < 1.29 is 14.6 Å². The van der Waals surface area contributed by atoms with E-state index in [0.717, 1.165) is 5.52 Å². The van der Waals surface area contributed by atoms with Crippen LogP contribution in [0.5, 0.6) is 5.75 Å². The number of benzene rings is 1. The van der Waals surface area contributed by atoms with Crippen molar-refractivity contribution in [2.24, 2.45) is 0 Å². The topological polar surface area (TPSA) is 59.4 Å². The van der Waals surface area contributed by atoms with Gasteiger partial charge < -0.3 is 9.84 Å².